The summed E-state index contributed by atoms with van der Waals surface area (Å²) in [6.07, 6.45) is 1.31. The van der Waals surface area contributed by atoms with Crippen LogP contribution in [0.15, 0.2) is 11.5 Å². The van der Waals surface area contributed by atoms with Gasteiger partial charge in [-0.1, -0.05) is 0 Å². The van der Waals surface area contributed by atoms with Crippen LogP contribution in [0.2, 0.25) is 0 Å². The highest BCUT2D eigenvalue weighted by atomic mass is 31.2. The molecule has 0 saturated carbocycles. The molecule has 0 saturated heterocycles. The van der Waals surface area contributed by atoms with Crippen LogP contribution in [0.3, 0.4) is 0 Å². The highest BCUT2D eigenvalue weighted by Gasteiger charge is 2.23. The smallest absolute Gasteiger partial charge is 0.320 e. The van der Waals surface area contributed by atoms with Crippen LogP contribution in [0.1, 0.15) is 0 Å². The van der Waals surface area contributed by atoms with Crippen molar-refractivity contribution in [1.29, 1.82) is 0 Å². The molecule has 0 aliphatic carbocycles. The van der Waals surface area contributed by atoms with Gasteiger partial charge in [0, 0.05) is 0 Å². The van der Waals surface area contributed by atoms with E-state index < -0.39 is 7.60 Å². The molecule has 1 aliphatic heterocycles. The first-order valence-electron chi connectivity index (χ1n) is 2.25. The van der Waals surface area contributed by atoms with E-state index in [1.807, 2.05) is 0 Å². The predicted octanol–water partition coefficient (Wildman–Crippen LogP) is -0.460. The summed E-state index contributed by atoms with van der Waals surface area (Å²) in [7, 11) is -4.09. The van der Waals surface area contributed by atoms with Crippen molar-refractivity contribution in [1.82, 2.24) is 5.48 Å². The minimum absolute atomic E-state index is 0.150. The van der Waals surface area contributed by atoms with Crippen LogP contribution in [0.25, 0.3) is 0 Å². The van der Waals surface area contributed by atoms with Gasteiger partial charge in [-0.2, -0.15) is 0 Å². The monoisotopic (exact) mass is 151 g/mol. The van der Waals surface area contributed by atoms with Gasteiger partial charge < -0.3 is 9.79 Å². The average Bonchev–Trinajstić information content (AvgIpc) is 2.08. The maximum atomic E-state index is 10.3. The summed E-state index contributed by atoms with van der Waals surface area (Å²) in [6.45, 7) is 0.209. The molecule has 1 aliphatic rings. The molecule has 5 nitrogen and oxygen atoms in total. The van der Waals surface area contributed by atoms with Crippen LogP contribution in [-0.4, -0.2) is 16.4 Å². The first kappa shape index (κ1) is 6.77. The fourth-order valence-corrected chi connectivity index (χ4v) is 0.952. The Morgan fingerprint density at radius 3 is 2.67 bits per heavy atom. The summed E-state index contributed by atoms with van der Waals surface area (Å²) in [5, 5.41) is 0. The Labute approximate surface area is 51.4 Å². The standard InChI is InChI=1S/C3H6NO4P/c5-9(6,7)3-1-2-8-4-3/h1,4H,2H2,(H2,5,6,7). The Morgan fingerprint density at radius 1 is 1.78 bits per heavy atom. The van der Waals surface area contributed by atoms with Crippen molar-refractivity contribution in [3.8, 4) is 0 Å². The number of rotatable bonds is 1. The van der Waals surface area contributed by atoms with Crippen LogP contribution >= 0.6 is 7.60 Å². The first-order valence-corrected chi connectivity index (χ1v) is 3.86. The maximum Gasteiger partial charge on any atom is 0.373 e. The molecule has 0 aromatic heterocycles. The molecule has 1 heterocycles. The van der Waals surface area contributed by atoms with E-state index in [0.29, 0.717) is 0 Å². The number of nitrogens with one attached hydrogen (secondary N) is 1. The predicted molar refractivity (Wildman–Crippen MR) is 29.2 cm³/mol. The molecule has 3 N–H and O–H groups in total. The van der Waals surface area contributed by atoms with Gasteiger partial charge in [0.05, 0.1) is 6.61 Å². The van der Waals surface area contributed by atoms with E-state index in [1.165, 1.54) is 6.08 Å². The van der Waals surface area contributed by atoms with Gasteiger partial charge in [0.15, 0.2) is 0 Å². The zero-order valence-corrected chi connectivity index (χ0v) is 5.34. The van der Waals surface area contributed by atoms with E-state index in [0.717, 1.165) is 0 Å². The van der Waals surface area contributed by atoms with Crippen molar-refractivity contribution in [2.45, 2.75) is 0 Å². The van der Waals surface area contributed by atoms with Crippen molar-refractivity contribution in [3.05, 3.63) is 11.5 Å². The van der Waals surface area contributed by atoms with E-state index >= 15 is 0 Å². The van der Waals surface area contributed by atoms with Crippen LogP contribution in [0, 0.1) is 0 Å². The van der Waals surface area contributed by atoms with E-state index in [9.17, 15) is 4.57 Å². The topological polar surface area (TPSA) is 78.8 Å². The van der Waals surface area contributed by atoms with Gasteiger partial charge in [-0.25, -0.2) is 0 Å². The Kier molecular flexibility index (Phi) is 1.59. The maximum absolute atomic E-state index is 10.3. The molecule has 6 heteroatoms. The van der Waals surface area contributed by atoms with Crippen molar-refractivity contribution in [2.24, 2.45) is 0 Å². The summed E-state index contributed by atoms with van der Waals surface area (Å²) in [5.74, 6) is 0. The second-order valence-corrected chi connectivity index (χ2v) is 3.12. The van der Waals surface area contributed by atoms with Gasteiger partial charge in [-0.15, -0.1) is 0 Å². The molecule has 0 fully saturated rings. The van der Waals surface area contributed by atoms with Crippen LogP contribution in [-0.2, 0) is 9.40 Å². The van der Waals surface area contributed by atoms with E-state index in [4.69, 9.17) is 9.79 Å². The molecule has 0 amide bonds. The van der Waals surface area contributed by atoms with Gasteiger partial charge in [0.1, 0.15) is 5.44 Å². The molecule has 0 radical (unpaired) electrons. The van der Waals surface area contributed by atoms with Crippen molar-refractivity contribution >= 4 is 7.60 Å². The third-order valence-electron chi connectivity index (χ3n) is 0.851. The molecule has 9 heavy (non-hydrogen) atoms. The van der Waals surface area contributed by atoms with Crippen molar-refractivity contribution in [2.75, 3.05) is 6.61 Å². The molecule has 0 unspecified atom stereocenters. The summed E-state index contributed by atoms with van der Waals surface area (Å²) >= 11 is 0. The molecular weight excluding hydrogens is 145 g/mol. The van der Waals surface area contributed by atoms with Crippen LogP contribution < -0.4 is 5.48 Å². The lowest BCUT2D eigenvalue weighted by molar-refractivity contribution is 0.111. The summed E-state index contributed by atoms with van der Waals surface area (Å²) in [5.41, 5.74) is 1.94. The number of hydroxylamine groups is 1. The fourth-order valence-electron chi connectivity index (χ4n) is 0.456. The summed E-state index contributed by atoms with van der Waals surface area (Å²) in [4.78, 5) is 21.3. The highest BCUT2D eigenvalue weighted by Crippen LogP contribution is 2.43. The molecule has 0 bridgehead atoms. The Hall–Kier alpha value is -0.350. The Morgan fingerprint density at radius 2 is 2.44 bits per heavy atom. The third-order valence-corrected chi connectivity index (χ3v) is 1.75. The highest BCUT2D eigenvalue weighted by molar-refractivity contribution is 7.56. The number of hydrogen-bond acceptors (Lipinski definition) is 3. The molecule has 0 aromatic carbocycles. The van der Waals surface area contributed by atoms with Crippen LogP contribution in [0.4, 0.5) is 0 Å². The summed E-state index contributed by atoms with van der Waals surface area (Å²) < 4.78 is 10.3. The van der Waals surface area contributed by atoms with E-state index in [2.05, 4.69) is 10.3 Å². The SMILES string of the molecule is O=P(O)(O)C1=CCON1. The minimum Gasteiger partial charge on any atom is -0.320 e. The zero-order chi connectivity index (χ0) is 6.91. The molecule has 0 spiro atoms. The van der Waals surface area contributed by atoms with Gasteiger partial charge >= 0.3 is 7.60 Å². The Balaban J connectivity index is 2.73. The minimum atomic E-state index is -4.09. The molecule has 52 valence electrons. The third kappa shape index (κ3) is 1.53. The van der Waals surface area contributed by atoms with Crippen LogP contribution in [0.5, 0.6) is 0 Å². The second kappa shape index (κ2) is 2.11. The fraction of sp³-hybridized carbons (Fsp3) is 0.333. The summed E-state index contributed by atoms with van der Waals surface area (Å²) in [6, 6.07) is 0. The zero-order valence-electron chi connectivity index (χ0n) is 4.44. The van der Waals surface area contributed by atoms with Gasteiger partial charge in [0.2, 0.25) is 0 Å². The van der Waals surface area contributed by atoms with Gasteiger partial charge in [0.25, 0.3) is 0 Å². The molecule has 1 rings (SSSR count). The quantitative estimate of drug-likeness (QED) is 0.442. The van der Waals surface area contributed by atoms with Crippen molar-refractivity contribution in [3.63, 3.8) is 0 Å². The average molecular weight is 151 g/mol. The second-order valence-electron chi connectivity index (χ2n) is 1.55. The van der Waals surface area contributed by atoms with E-state index in [1.54, 1.807) is 0 Å². The normalized spacial score (nSPS) is 19.1. The lowest BCUT2D eigenvalue weighted by atomic mass is 10.7. The lowest BCUT2D eigenvalue weighted by Gasteiger charge is -2.02. The lowest BCUT2D eigenvalue weighted by Crippen LogP contribution is -2.05. The largest absolute Gasteiger partial charge is 0.373 e. The van der Waals surface area contributed by atoms with Crippen molar-refractivity contribution < 1.29 is 19.2 Å². The first-order chi connectivity index (χ1) is 4.11. The molecular formula is C3H6NO4P. The molecule has 0 atom stereocenters. The van der Waals surface area contributed by atoms with E-state index in [-0.39, 0.29) is 12.0 Å². The van der Waals surface area contributed by atoms with Gasteiger partial charge in [-0.3, -0.25) is 14.9 Å². The molecule has 0 aromatic rings. The number of hydrogen-bond donors (Lipinski definition) is 3. The van der Waals surface area contributed by atoms with Gasteiger partial charge in [-0.05, 0) is 6.08 Å². The Bertz CT molecular complexity index is 182.